The first-order chi connectivity index (χ1) is 9.13. The Morgan fingerprint density at radius 1 is 1.47 bits per heavy atom. The van der Waals surface area contributed by atoms with Crippen molar-refractivity contribution in [2.24, 2.45) is 11.6 Å². The standard InChI is InChI=1S/C12H18N4O2S/c13-11(17)9-3-1-2-5-16(9)7-8-4-6-19-10(8)12(18)15-14/h4,6,9H,1-3,5,7,14H2,(H2,13,17)(H,15,18). The van der Waals surface area contributed by atoms with E-state index in [1.807, 2.05) is 16.3 Å². The molecule has 0 aliphatic carbocycles. The fourth-order valence-electron chi connectivity index (χ4n) is 2.45. The molecule has 6 nitrogen and oxygen atoms in total. The number of thiophene rings is 1. The van der Waals surface area contributed by atoms with E-state index in [2.05, 4.69) is 5.43 Å². The highest BCUT2D eigenvalue weighted by molar-refractivity contribution is 7.12. The SMILES string of the molecule is NNC(=O)c1sccc1CN1CCCCC1C(N)=O. The first kappa shape index (κ1) is 14.0. The summed E-state index contributed by atoms with van der Waals surface area (Å²) in [4.78, 5) is 25.7. The minimum absolute atomic E-state index is 0.234. The number of likely N-dealkylation sites (tertiary alicyclic amines) is 1. The van der Waals surface area contributed by atoms with E-state index in [1.165, 1.54) is 11.3 Å². The number of nitrogen functional groups attached to an aromatic ring is 1. The third kappa shape index (κ3) is 3.12. The van der Waals surface area contributed by atoms with Crippen LogP contribution in [0.5, 0.6) is 0 Å². The predicted octanol–water partition coefficient (Wildman–Crippen LogP) is 0.191. The summed E-state index contributed by atoms with van der Waals surface area (Å²) in [6.07, 6.45) is 2.86. The van der Waals surface area contributed by atoms with Gasteiger partial charge in [0.25, 0.3) is 5.91 Å². The topological polar surface area (TPSA) is 101 Å². The molecule has 1 aliphatic rings. The number of nitrogens with two attached hydrogens (primary N) is 2. The molecule has 1 aliphatic heterocycles. The minimum Gasteiger partial charge on any atom is -0.368 e. The van der Waals surface area contributed by atoms with E-state index in [-0.39, 0.29) is 17.9 Å². The lowest BCUT2D eigenvalue weighted by molar-refractivity contribution is -0.124. The second-order valence-corrected chi connectivity index (χ2v) is 5.55. The average molecular weight is 282 g/mol. The number of hydrogen-bond donors (Lipinski definition) is 3. The Balaban J connectivity index is 2.13. The van der Waals surface area contributed by atoms with E-state index in [9.17, 15) is 9.59 Å². The van der Waals surface area contributed by atoms with Crippen molar-refractivity contribution in [3.05, 3.63) is 21.9 Å². The Labute approximate surface area is 115 Å². The van der Waals surface area contributed by atoms with Crippen LogP contribution in [0.15, 0.2) is 11.4 Å². The normalized spacial score (nSPS) is 20.2. The molecule has 1 atom stereocenters. The van der Waals surface area contributed by atoms with Gasteiger partial charge in [-0.15, -0.1) is 11.3 Å². The molecule has 2 heterocycles. The third-order valence-electron chi connectivity index (χ3n) is 3.40. The van der Waals surface area contributed by atoms with Crippen molar-refractivity contribution in [2.45, 2.75) is 31.8 Å². The zero-order valence-corrected chi connectivity index (χ0v) is 11.4. The molecule has 1 aromatic heterocycles. The average Bonchev–Trinajstić information content (AvgIpc) is 2.86. The Bertz CT molecular complexity index is 474. The van der Waals surface area contributed by atoms with E-state index in [0.717, 1.165) is 31.4 Å². The van der Waals surface area contributed by atoms with Crippen LogP contribution in [-0.4, -0.2) is 29.3 Å². The molecule has 2 amide bonds. The van der Waals surface area contributed by atoms with E-state index in [4.69, 9.17) is 11.6 Å². The number of carbonyl (C=O) groups is 2. The summed E-state index contributed by atoms with van der Waals surface area (Å²) in [5.74, 6) is 4.57. The van der Waals surface area contributed by atoms with Gasteiger partial charge in [-0.1, -0.05) is 6.42 Å². The molecule has 0 saturated carbocycles. The summed E-state index contributed by atoms with van der Waals surface area (Å²) in [6, 6.07) is 1.66. The summed E-state index contributed by atoms with van der Waals surface area (Å²) >= 11 is 1.35. The van der Waals surface area contributed by atoms with Crippen LogP contribution in [0.3, 0.4) is 0 Å². The summed E-state index contributed by atoms with van der Waals surface area (Å²) < 4.78 is 0. The molecule has 7 heteroatoms. The third-order valence-corrected chi connectivity index (χ3v) is 4.36. The fourth-order valence-corrected chi connectivity index (χ4v) is 3.26. The van der Waals surface area contributed by atoms with Gasteiger partial charge in [0, 0.05) is 6.54 Å². The number of primary amides is 1. The molecule has 104 valence electrons. The van der Waals surface area contributed by atoms with Gasteiger partial charge in [-0.25, -0.2) is 5.84 Å². The maximum atomic E-state index is 11.6. The monoisotopic (exact) mass is 282 g/mol. The highest BCUT2D eigenvalue weighted by atomic mass is 32.1. The van der Waals surface area contributed by atoms with Crippen molar-refractivity contribution in [3.8, 4) is 0 Å². The number of rotatable bonds is 4. The zero-order valence-electron chi connectivity index (χ0n) is 10.6. The predicted molar refractivity (Wildman–Crippen MR) is 73.2 cm³/mol. The van der Waals surface area contributed by atoms with E-state index < -0.39 is 0 Å². The lowest BCUT2D eigenvalue weighted by Crippen LogP contribution is -2.47. The molecule has 5 N–H and O–H groups in total. The van der Waals surface area contributed by atoms with Crippen molar-refractivity contribution in [1.82, 2.24) is 10.3 Å². The van der Waals surface area contributed by atoms with Crippen molar-refractivity contribution in [1.29, 1.82) is 0 Å². The molecule has 0 aromatic carbocycles. The van der Waals surface area contributed by atoms with Crippen LogP contribution in [0.1, 0.15) is 34.5 Å². The van der Waals surface area contributed by atoms with Gasteiger partial charge in [0.1, 0.15) is 0 Å². The first-order valence-corrected chi connectivity index (χ1v) is 7.12. The zero-order chi connectivity index (χ0) is 13.8. The molecule has 2 rings (SSSR count). The lowest BCUT2D eigenvalue weighted by Gasteiger charge is -2.33. The largest absolute Gasteiger partial charge is 0.368 e. The number of nitrogens with one attached hydrogen (secondary N) is 1. The molecular weight excluding hydrogens is 264 g/mol. The maximum Gasteiger partial charge on any atom is 0.275 e. The maximum absolute atomic E-state index is 11.6. The lowest BCUT2D eigenvalue weighted by atomic mass is 10.0. The highest BCUT2D eigenvalue weighted by Crippen LogP contribution is 2.23. The smallest absolute Gasteiger partial charge is 0.275 e. The van der Waals surface area contributed by atoms with Crippen molar-refractivity contribution in [2.75, 3.05) is 6.54 Å². The molecule has 0 spiro atoms. The van der Waals surface area contributed by atoms with E-state index >= 15 is 0 Å². The van der Waals surface area contributed by atoms with Crippen LogP contribution >= 0.6 is 11.3 Å². The summed E-state index contributed by atoms with van der Waals surface area (Å²) in [5, 5.41) is 1.85. The molecule has 1 aromatic rings. The Morgan fingerprint density at radius 2 is 2.26 bits per heavy atom. The van der Waals surface area contributed by atoms with Gasteiger partial charge in [0.2, 0.25) is 5.91 Å². The van der Waals surface area contributed by atoms with Crippen LogP contribution in [0.25, 0.3) is 0 Å². The van der Waals surface area contributed by atoms with Gasteiger partial charge < -0.3 is 5.73 Å². The van der Waals surface area contributed by atoms with Crippen LogP contribution in [-0.2, 0) is 11.3 Å². The first-order valence-electron chi connectivity index (χ1n) is 6.24. The van der Waals surface area contributed by atoms with Crippen molar-refractivity contribution < 1.29 is 9.59 Å². The molecule has 19 heavy (non-hydrogen) atoms. The fraction of sp³-hybridized carbons (Fsp3) is 0.500. The van der Waals surface area contributed by atoms with Gasteiger partial charge >= 0.3 is 0 Å². The quantitative estimate of drug-likeness (QED) is 0.417. The number of piperidine rings is 1. The number of amides is 2. The van der Waals surface area contributed by atoms with E-state index in [0.29, 0.717) is 11.4 Å². The van der Waals surface area contributed by atoms with Crippen molar-refractivity contribution >= 4 is 23.2 Å². The molecule has 1 fully saturated rings. The molecular formula is C12H18N4O2S. The number of carbonyl (C=O) groups excluding carboxylic acids is 2. The van der Waals surface area contributed by atoms with Crippen LogP contribution in [0.2, 0.25) is 0 Å². The Morgan fingerprint density at radius 3 is 2.95 bits per heavy atom. The molecule has 1 unspecified atom stereocenters. The van der Waals surface area contributed by atoms with Gasteiger partial charge in [-0.2, -0.15) is 0 Å². The number of hydrogen-bond acceptors (Lipinski definition) is 5. The summed E-state index contributed by atoms with van der Waals surface area (Å²) in [6.45, 7) is 1.38. The Kier molecular flexibility index (Phi) is 4.52. The van der Waals surface area contributed by atoms with Gasteiger partial charge in [0.15, 0.2) is 0 Å². The van der Waals surface area contributed by atoms with Gasteiger partial charge in [-0.05, 0) is 36.4 Å². The van der Waals surface area contributed by atoms with Crippen molar-refractivity contribution in [3.63, 3.8) is 0 Å². The number of nitrogens with zero attached hydrogens (tertiary/aromatic N) is 1. The Hall–Kier alpha value is -1.44. The van der Waals surface area contributed by atoms with Gasteiger partial charge in [-0.3, -0.25) is 19.9 Å². The van der Waals surface area contributed by atoms with Crippen LogP contribution < -0.4 is 17.0 Å². The molecule has 0 radical (unpaired) electrons. The molecule has 1 saturated heterocycles. The van der Waals surface area contributed by atoms with Gasteiger partial charge in [0.05, 0.1) is 10.9 Å². The van der Waals surface area contributed by atoms with Crippen LogP contribution in [0.4, 0.5) is 0 Å². The summed E-state index contributed by atoms with van der Waals surface area (Å²) in [7, 11) is 0. The highest BCUT2D eigenvalue weighted by Gasteiger charge is 2.28. The molecule has 0 bridgehead atoms. The second kappa shape index (κ2) is 6.14. The van der Waals surface area contributed by atoms with E-state index in [1.54, 1.807) is 0 Å². The second-order valence-electron chi connectivity index (χ2n) is 4.63. The van der Waals surface area contributed by atoms with Crippen LogP contribution in [0, 0.1) is 0 Å². The summed E-state index contributed by atoms with van der Waals surface area (Å²) in [5.41, 5.74) is 8.46. The number of hydrazine groups is 1. The minimum atomic E-state index is -0.294.